The molecule has 0 bridgehead atoms. The van der Waals surface area contributed by atoms with Gasteiger partial charge in [0.05, 0.1) is 6.61 Å². The molecule has 2 N–H and O–H groups in total. The van der Waals surface area contributed by atoms with Crippen LogP contribution in [0, 0.1) is 6.07 Å². The molecule has 0 unspecified atom stereocenters. The summed E-state index contributed by atoms with van der Waals surface area (Å²) in [5, 5.41) is 0. The summed E-state index contributed by atoms with van der Waals surface area (Å²) in [6.07, 6.45) is 4.35. The second-order valence-corrected chi connectivity index (χ2v) is 7.15. The highest BCUT2D eigenvalue weighted by molar-refractivity contribution is 5.73. The molecule has 1 aliphatic rings. The highest BCUT2D eigenvalue weighted by atomic mass is 16.5. The standard InChI is InChI=1S/C23H29N2O3/c24-23(26)8-5-16-27-21-11-9-19(10-12-21)18-20-6-1-2-7-22(20)28-17-15-25-13-3-4-14-25/h1-2,7,9-12H,3-5,8,13-18H2,(H2,24,26). The monoisotopic (exact) mass is 381 g/mol. The highest BCUT2D eigenvalue weighted by Gasteiger charge is 2.11. The molecule has 5 heteroatoms. The second-order valence-electron chi connectivity index (χ2n) is 7.15. The average Bonchev–Trinajstić information content (AvgIpc) is 3.21. The number of hydrogen-bond acceptors (Lipinski definition) is 4. The summed E-state index contributed by atoms with van der Waals surface area (Å²) in [6.45, 7) is 4.56. The Labute approximate surface area is 167 Å². The summed E-state index contributed by atoms with van der Waals surface area (Å²) in [6, 6.07) is 17.3. The number of amides is 1. The fraction of sp³-hybridized carbons (Fsp3) is 0.435. The first-order chi connectivity index (χ1) is 13.7. The molecule has 0 spiro atoms. The van der Waals surface area contributed by atoms with Crippen LogP contribution in [0.1, 0.15) is 36.8 Å². The van der Waals surface area contributed by atoms with E-state index in [1.54, 1.807) is 0 Å². The zero-order chi connectivity index (χ0) is 19.6. The van der Waals surface area contributed by atoms with E-state index in [9.17, 15) is 4.79 Å². The van der Waals surface area contributed by atoms with Crippen molar-refractivity contribution >= 4 is 5.91 Å². The largest absolute Gasteiger partial charge is 0.494 e. The van der Waals surface area contributed by atoms with Gasteiger partial charge in [-0.05, 0) is 62.2 Å². The van der Waals surface area contributed by atoms with Crippen LogP contribution in [-0.4, -0.2) is 43.7 Å². The molecule has 5 nitrogen and oxygen atoms in total. The minimum Gasteiger partial charge on any atom is -0.494 e. The van der Waals surface area contributed by atoms with Gasteiger partial charge in [0.2, 0.25) is 5.91 Å². The van der Waals surface area contributed by atoms with Gasteiger partial charge >= 0.3 is 0 Å². The molecule has 0 aliphatic carbocycles. The Bertz CT molecular complexity index is 740. The molecular formula is C23H29N2O3. The van der Waals surface area contributed by atoms with Crippen molar-refractivity contribution in [3.8, 4) is 11.5 Å². The summed E-state index contributed by atoms with van der Waals surface area (Å²) in [5.41, 5.74) is 7.37. The predicted molar refractivity (Wildman–Crippen MR) is 110 cm³/mol. The van der Waals surface area contributed by atoms with Crippen LogP contribution in [0.5, 0.6) is 11.5 Å². The molecule has 1 fully saturated rings. The van der Waals surface area contributed by atoms with E-state index in [2.05, 4.69) is 23.1 Å². The number of ether oxygens (including phenoxy) is 2. The molecular weight excluding hydrogens is 352 g/mol. The van der Waals surface area contributed by atoms with E-state index in [0.29, 0.717) is 26.1 Å². The zero-order valence-electron chi connectivity index (χ0n) is 16.4. The Morgan fingerprint density at radius 2 is 1.86 bits per heavy atom. The van der Waals surface area contributed by atoms with Crippen LogP contribution in [0.4, 0.5) is 0 Å². The molecule has 2 aromatic carbocycles. The Morgan fingerprint density at radius 3 is 2.61 bits per heavy atom. The number of primary amides is 1. The van der Waals surface area contributed by atoms with E-state index in [4.69, 9.17) is 15.2 Å². The lowest BCUT2D eigenvalue weighted by Gasteiger charge is -2.16. The predicted octanol–water partition coefficient (Wildman–Crippen LogP) is 3.20. The first-order valence-electron chi connectivity index (χ1n) is 10.1. The van der Waals surface area contributed by atoms with Gasteiger partial charge < -0.3 is 15.2 Å². The fourth-order valence-electron chi connectivity index (χ4n) is 3.36. The van der Waals surface area contributed by atoms with Crippen molar-refractivity contribution in [1.82, 2.24) is 4.90 Å². The first-order valence-corrected chi connectivity index (χ1v) is 10.1. The van der Waals surface area contributed by atoms with Crippen LogP contribution < -0.4 is 15.2 Å². The van der Waals surface area contributed by atoms with E-state index in [1.807, 2.05) is 30.3 Å². The number of carbonyl (C=O) groups is 1. The van der Waals surface area contributed by atoms with Gasteiger partial charge in [0.25, 0.3) is 0 Å². The van der Waals surface area contributed by atoms with Crippen molar-refractivity contribution < 1.29 is 14.3 Å². The highest BCUT2D eigenvalue weighted by Crippen LogP contribution is 2.22. The van der Waals surface area contributed by atoms with Gasteiger partial charge in [-0.3, -0.25) is 9.69 Å². The number of nitrogens with zero attached hydrogens (tertiary/aromatic N) is 1. The minimum atomic E-state index is -0.295. The number of nitrogens with two attached hydrogens (primary N) is 1. The molecule has 1 saturated heterocycles. The maximum absolute atomic E-state index is 10.7. The van der Waals surface area contributed by atoms with Crippen molar-refractivity contribution in [3.63, 3.8) is 0 Å². The topological polar surface area (TPSA) is 64.8 Å². The number of likely N-dealkylation sites (tertiary alicyclic amines) is 1. The lowest BCUT2D eigenvalue weighted by atomic mass is 10.0. The average molecular weight is 381 g/mol. The third-order valence-corrected chi connectivity index (χ3v) is 4.90. The molecule has 0 aromatic heterocycles. The summed E-state index contributed by atoms with van der Waals surface area (Å²) in [5.74, 6) is 1.41. The molecule has 1 heterocycles. The molecule has 0 saturated carbocycles. The fourth-order valence-corrected chi connectivity index (χ4v) is 3.36. The Balaban J connectivity index is 1.49. The minimum absolute atomic E-state index is 0.295. The maximum atomic E-state index is 10.7. The second kappa shape index (κ2) is 10.7. The van der Waals surface area contributed by atoms with Crippen LogP contribution in [0.25, 0.3) is 0 Å². The van der Waals surface area contributed by atoms with Gasteiger partial charge in [0.1, 0.15) is 18.1 Å². The van der Waals surface area contributed by atoms with Crippen LogP contribution in [0.15, 0.2) is 42.5 Å². The smallest absolute Gasteiger partial charge is 0.217 e. The third-order valence-electron chi connectivity index (χ3n) is 4.90. The van der Waals surface area contributed by atoms with E-state index < -0.39 is 0 Å². The van der Waals surface area contributed by atoms with Crippen molar-refractivity contribution in [2.24, 2.45) is 5.73 Å². The van der Waals surface area contributed by atoms with Crippen molar-refractivity contribution in [3.05, 3.63) is 59.7 Å². The van der Waals surface area contributed by atoms with Crippen LogP contribution >= 0.6 is 0 Å². The van der Waals surface area contributed by atoms with Crippen LogP contribution in [0.3, 0.4) is 0 Å². The van der Waals surface area contributed by atoms with Gasteiger partial charge in [-0.2, -0.15) is 0 Å². The molecule has 3 rings (SSSR count). The molecule has 1 amide bonds. The molecule has 1 aliphatic heterocycles. The maximum Gasteiger partial charge on any atom is 0.217 e. The third kappa shape index (κ3) is 6.57. The molecule has 28 heavy (non-hydrogen) atoms. The van der Waals surface area contributed by atoms with Crippen molar-refractivity contribution in [1.29, 1.82) is 0 Å². The zero-order valence-corrected chi connectivity index (χ0v) is 16.4. The Morgan fingerprint density at radius 1 is 1.07 bits per heavy atom. The van der Waals surface area contributed by atoms with Crippen molar-refractivity contribution in [2.75, 3.05) is 32.8 Å². The molecule has 149 valence electrons. The van der Waals surface area contributed by atoms with Gasteiger partial charge in [-0.15, -0.1) is 0 Å². The van der Waals surface area contributed by atoms with Crippen molar-refractivity contribution in [2.45, 2.75) is 32.1 Å². The van der Waals surface area contributed by atoms with E-state index in [1.165, 1.54) is 31.5 Å². The van der Waals surface area contributed by atoms with Gasteiger partial charge in [0.15, 0.2) is 0 Å². The lowest BCUT2D eigenvalue weighted by molar-refractivity contribution is -0.118. The summed E-state index contributed by atoms with van der Waals surface area (Å²) < 4.78 is 11.7. The Hall–Kier alpha value is -2.53. The van der Waals surface area contributed by atoms with E-state index in [0.717, 1.165) is 30.0 Å². The quantitative estimate of drug-likeness (QED) is 0.607. The number of benzene rings is 2. The molecule has 2 aromatic rings. The summed E-state index contributed by atoms with van der Waals surface area (Å²) in [7, 11) is 0. The molecule has 0 atom stereocenters. The van der Waals surface area contributed by atoms with Crippen LogP contribution in [-0.2, 0) is 11.2 Å². The van der Waals surface area contributed by atoms with Gasteiger partial charge in [0, 0.05) is 24.9 Å². The lowest BCUT2D eigenvalue weighted by Crippen LogP contribution is -2.25. The number of hydrogen-bond donors (Lipinski definition) is 1. The Kier molecular flexibility index (Phi) is 7.73. The van der Waals surface area contributed by atoms with Gasteiger partial charge in [-0.1, -0.05) is 24.3 Å². The summed E-state index contributed by atoms with van der Waals surface area (Å²) in [4.78, 5) is 13.2. The van der Waals surface area contributed by atoms with E-state index in [-0.39, 0.29) is 5.91 Å². The SMILES string of the molecule is NC(=O)CCCOc1ccc(Cc2[c]cccc2OCCN2CCCC2)cc1. The summed E-state index contributed by atoms with van der Waals surface area (Å²) >= 11 is 0. The van der Waals surface area contributed by atoms with Gasteiger partial charge in [-0.25, -0.2) is 0 Å². The number of rotatable bonds is 11. The molecule has 1 radical (unpaired) electrons. The normalized spacial score (nSPS) is 14.1. The first kappa shape index (κ1) is 20.2. The number of carbonyl (C=O) groups excluding carboxylic acids is 1. The van der Waals surface area contributed by atoms with Crippen LogP contribution in [0.2, 0.25) is 0 Å². The van der Waals surface area contributed by atoms with E-state index >= 15 is 0 Å².